The molecule has 2 heterocycles. The van der Waals surface area contributed by atoms with Crippen LogP contribution >= 0.6 is 0 Å². The summed E-state index contributed by atoms with van der Waals surface area (Å²) in [4.78, 5) is 4.07. The van der Waals surface area contributed by atoms with E-state index in [-0.39, 0.29) is 0 Å². The summed E-state index contributed by atoms with van der Waals surface area (Å²) in [7, 11) is 0. The lowest BCUT2D eigenvalue weighted by Crippen LogP contribution is -2.29. The first-order valence-electron chi connectivity index (χ1n) is 8.12. The topological polar surface area (TPSA) is 34.1 Å². The molecule has 1 saturated heterocycles. The standard InChI is InChI=1S/C17H28N2O/c1-2-19-16(5-3-6-17-7-4-14-20-17)9-8-15-10-12-18-13-11-15/h10-13,16-17,19H,2-9,14H2,1H3. The van der Waals surface area contributed by atoms with Crippen molar-refractivity contribution in [1.82, 2.24) is 10.3 Å². The zero-order valence-corrected chi connectivity index (χ0v) is 12.7. The van der Waals surface area contributed by atoms with Crippen LogP contribution in [0.3, 0.4) is 0 Å². The van der Waals surface area contributed by atoms with Crippen molar-refractivity contribution in [2.24, 2.45) is 0 Å². The van der Waals surface area contributed by atoms with Crippen molar-refractivity contribution in [1.29, 1.82) is 0 Å². The minimum absolute atomic E-state index is 0.539. The average molecular weight is 276 g/mol. The van der Waals surface area contributed by atoms with Crippen molar-refractivity contribution >= 4 is 0 Å². The largest absolute Gasteiger partial charge is 0.378 e. The van der Waals surface area contributed by atoms with Gasteiger partial charge in [0.05, 0.1) is 6.10 Å². The molecule has 1 N–H and O–H groups in total. The Labute approximate surface area is 123 Å². The van der Waals surface area contributed by atoms with Gasteiger partial charge in [0.15, 0.2) is 0 Å². The van der Waals surface area contributed by atoms with E-state index >= 15 is 0 Å². The van der Waals surface area contributed by atoms with Gasteiger partial charge in [-0.1, -0.05) is 6.92 Å². The van der Waals surface area contributed by atoms with Crippen molar-refractivity contribution in [3.05, 3.63) is 30.1 Å². The van der Waals surface area contributed by atoms with E-state index in [0.29, 0.717) is 12.1 Å². The molecule has 0 saturated carbocycles. The molecule has 0 bridgehead atoms. The molecular formula is C17H28N2O. The molecule has 0 radical (unpaired) electrons. The average Bonchev–Trinajstić information content (AvgIpc) is 2.99. The first kappa shape index (κ1) is 15.5. The number of ether oxygens (including phenoxy) is 1. The van der Waals surface area contributed by atoms with Gasteiger partial charge >= 0.3 is 0 Å². The van der Waals surface area contributed by atoms with E-state index in [1.165, 1.54) is 44.1 Å². The van der Waals surface area contributed by atoms with E-state index in [2.05, 4.69) is 29.4 Å². The van der Waals surface area contributed by atoms with Gasteiger partial charge in [-0.15, -0.1) is 0 Å². The van der Waals surface area contributed by atoms with E-state index in [0.717, 1.165) is 19.6 Å². The van der Waals surface area contributed by atoms with Crippen molar-refractivity contribution in [2.45, 2.75) is 64.0 Å². The minimum Gasteiger partial charge on any atom is -0.378 e. The van der Waals surface area contributed by atoms with Crippen molar-refractivity contribution in [2.75, 3.05) is 13.2 Å². The van der Waals surface area contributed by atoms with Crippen LogP contribution in [0.1, 0.15) is 51.0 Å². The highest BCUT2D eigenvalue weighted by Crippen LogP contribution is 2.19. The van der Waals surface area contributed by atoms with Gasteiger partial charge in [0.2, 0.25) is 0 Å². The van der Waals surface area contributed by atoms with E-state index < -0.39 is 0 Å². The smallest absolute Gasteiger partial charge is 0.0576 e. The third-order valence-corrected chi connectivity index (χ3v) is 4.13. The molecule has 1 aromatic heterocycles. The molecular weight excluding hydrogens is 248 g/mol. The lowest BCUT2D eigenvalue weighted by Gasteiger charge is -2.18. The second kappa shape index (κ2) is 9.09. The van der Waals surface area contributed by atoms with E-state index in [1.807, 2.05) is 12.4 Å². The van der Waals surface area contributed by atoms with Crippen LogP contribution in [0.2, 0.25) is 0 Å². The molecule has 0 spiro atoms. The lowest BCUT2D eigenvalue weighted by molar-refractivity contribution is 0.101. The Balaban J connectivity index is 1.66. The third-order valence-electron chi connectivity index (χ3n) is 4.13. The summed E-state index contributed by atoms with van der Waals surface area (Å²) in [6.45, 7) is 4.23. The third kappa shape index (κ3) is 5.59. The van der Waals surface area contributed by atoms with Gasteiger partial charge in [-0.25, -0.2) is 0 Å². The fraction of sp³-hybridized carbons (Fsp3) is 0.706. The molecule has 112 valence electrons. The highest BCUT2D eigenvalue weighted by molar-refractivity contribution is 5.09. The molecule has 0 aliphatic carbocycles. The van der Waals surface area contributed by atoms with Gasteiger partial charge in [-0.05, 0) is 69.2 Å². The van der Waals surface area contributed by atoms with Crippen LogP contribution < -0.4 is 5.32 Å². The zero-order chi connectivity index (χ0) is 14.0. The molecule has 1 aliphatic heterocycles. The maximum Gasteiger partial charge on any atom is 0.0576 e. The number of nitrogens with one attached hydrogen (secondary N) is 1. The molecule has 3 heteroatoms. The van der Waals surface area contributed by atoms with Crippen LogP contribution in [0.4, 0.5) is 0 Å². The van der Waals surface area contributed by atoms with Crippen LogP contribution in [0.15, 0.2) is 24.5 Å². The maximum absolute atomic E-state index is 5.70. The second-order valence-electron chi connectivity index (χ2n) is 5.71. The molecule has 1 aliphatic rings. The van der Waals surface area contributed by atoms with E-state index in [1.54, 1.807) is 0 Å². The fourth-order valence-electron chi connectivity index (χ4n) is 2.99. The van der Waals surface area contributed by atoms with Crippen LogP contribution in [-0.4, -0.2) is 30.3 Å². The van der Waals surface area contributed by atoms with Crippen molar-refractivity contribution in [3.8, 4) is 0 Å². The molecule has 1 fully saturated rings. The van der Waals surface area contributed by atoms with Gasteiger partial charge in [0.25, 0.3) is 0 Å². The predicted octanol–water partition coefficient (Wildman–Crippen LogP) is 3.34. The van der Waals surface area contributed by atoms with Crippen LogP contribution in [0.5, 0.6) is 0 Å². The molecule has 3 nitrogen and oxygen atoms in total. The Kier molecular flexibility index (Phi) is 7.02. The van der Waals surface area contributed by atoms with Crippen LogP contribution in [-0.2, 0) is 11.2 Å². The molecule has 20 heavy (non-hydrogen) atoms. The number of aryl methyl sites for hydroxylation is 1. The van der Waals surface area contributed by atoms with Crippen LogP contribution in [0, 0.1) is 0 Å². The van der Waals surface area contributed by atoms with E-state index in [4.69, 9.17) is 4.74 Å². The predicted molar refractivity (Wildman–Crippen MR) is 82.8 cm³/mol. The summed E-state index contributed by atoms with van der Waals surface area (Å²) in [5.74, 6) is 0. The fourth-order valence-corrected chi connectivity index (χ4v) is 2.99. The second-order valence-corrected chi connectivity index (χ2v) is 5.71. The summed E-state index contributed by atoms with van der Waals surface area (Å²) in [5, 5.41) is 3.62. The van der Waals surface area contributed by atoms with Gasteiger partial charge < -0.3 is 10.1 Å². The number of hydrogen-bond acceptors (Lipinski definition) is 3. The number of nitrogens with zero attached hydrogens (tertiary/aromatic N) is 1. The highest BCUT2D eigenvalue weighted by Gasteiger charge is 2.16. The number of aromatic nitrogens is 1. The molecule has 2 unspecified atom stereocenters. The summed E-state index contributed by atoms with van der Waals surface area (Å²) in [5.41, 5.74) is 1.39. The number of pyridine rings is 1. The van der Waals surface area contributed by atoms with Gasteiger partial charge in [0.1, 0.15) is 0 Å². The van der Waals surface area contributed by atoms with Gasteiger partial charge in [-0.2, -0.15) is 0 Å². The first-order chi connectivity index (χ1) is 9.88. The summed E-state index contributed by atoms with van der Waals surface area (Å²) >= 11 is 0. The molecule has 2 rings (SSSR count). The van der Waals surface area contributed by atoms with E-state index in [9.17, 15) is 0 Å². The molecule has 0 amide bonds. The summed E-state index contributed by atoms with van der Waals surface area (Å²) in [6, 6.07) is 4.87. The monoisotopic (exact) mass is 276 g/mol. The quantitative estimate of drug-likeness (QED) is 0.751. The Morgan fingerprint density at radius 3 is 2.90 bits per heavy atom. The normalized spacial score (nSPS) is 20.1. The Morgan fingerprint density at radius 1 is 1.35 bits per heavy atom. The minimum atomic E-state index is 0.539. The molecule has 1 aromatic rings. The van der Waals surface area contributed by atoms with Gasteiger partial charge in [-0.3, -0.25) is 4.98 Å². The number of rotatable bonds is 9. The Bertz CT molecular complexity index is 349. The number of hydrogen-bond donors (Lipinski definition) is 1. The molecule has 2 atom stereocenters. The highest BCUT2D eigenvalue weighted by atomic mass is 16.5. The van der Waals surface area contributed by atoms with Crippen molar-refractivity contribution in [3.63, 3.8) is 0 Å². The zero-order valence-electron chi connectivity index (χ0n) is 12.7. The first-order valence-corrected chi connectivity index (χ1v) is 8.12. The maximum atomic E-state index is 5.70. The summed E-state index contributed by atoms with van der Waals surface area (Å²) in [6.07, 6.45) is 13.0. The Morgan fingerprint density at radius 2 is 2.20 bits per heavy atom. The lowest BCUT2D eigenvalue weighted by atomic mass is 9.99. The van der Waals surface area contributed by atoms with Gasteiger partial charge in [0, 0.05) is 25.0 Å². The van der Waals surface area contributed by atoms with Crippen molar-refractivity contribution < 1.29 is 4.74 Å². The molecule has 0 aromatic carbocycles. The van der Waals surface area contributed by atoms with Crippen LogP contribution in [0.25, 0.3) is 0 Å². The Hall–Kier alpha value is -0.930. The summed E-state index contributed by atoms with van der Waals surface area (Å²) < 4.78 is 5.70. The SMILES string of the molecule is CCNC(CCCC1CCCO1)CCc1ccncc1.